The van der Waals surface area contributed by atoms with Gasteiger partial charge in [-0.1, -0.05) is 78.9 Å². The van der Waals surface area contributed by atoms with Crippen molar-refractivity contribution in [1.29, 1.82) is 0 Å². The zero-order valence-electron chi connectivity index (χ0n) is 18.4. The number of nitrogens with zero attached hydrogens (tertiary/aromatic N) is 1. The summed E-state index contributed by atoms with van der Waals surface area (Å²) < 4.78 is 28.7. The molecule has 0 spiro atoms. The van der Waals surface area contributed by atoms with Gasteiger partial charge in [-0.3, -0.25) is 4.79 Å². The highest BCUT2D eigenvalue weighted by atomic mass is 32.2. The van der Waals surface area contributed by atoms with E-state index in [9.17, 15) is 13.2 Å². The number of rotatable bonds is 6. The molecule has 1 aliphatic carbocycles. The molecule has 0 radical (unpaired) electrons. The molecule has 6 heteroatoms. The van der Waals surface area contributed by atoms with Crippen molar-refractivity contribution >= 4 is 15.9 Å². The van der Waals surface area contributed by atoms with Gasteiger partial charge in [0.05, 0.1) is 16.9 Å². The number of piperidine rings is 1. The SMILES string of the molecule is O=C(NC1C[C@@H]1c1ccccc1)[C@@H]1CC[C@H](c2ccccc2)N(S(=O)(=O)c2ccccc2)C1. The molecule has 3 aromatic rings. The van der Waals surface area contributed by atoms with E-state index < -0.39 is 10.0 Å². The van der Waals surface area contributed by atoms with Crippen LogP contribution in [0.3, 0.4) is 0 Å². The first-order valence-electron chi connectivity index (χ1n) is 11.5. The molecule has 33 heavy (non-hydrogen) atoms. The van der Waals surface area contributed by atoms with Crippen molar-refractivity contribution in [2.45, 2.75) is 42.2 Å². The van der Waals surface area contributed by atoms with Crippen LogP contribution in [0.5, 0.6) is 0 Å². The molecule has 1 amide bonds. The van der Waals surface area contributed by atoms with Crippen molar-refractivity contribution in [3.8, 4) is 0 Å². The second-order valence-electron chi connectivity index (χ2n) is 8.96. The van der Waals surface area contributed by atoms with Crippen LogP contribution in [0.25, 0.3) is 0 Å². The lowest BCUT2D eigenvalue weighted by atomic mass is 9.90. The molecule has 1 heterocycles. The van der Waals surface area contributed by atoms with Gasteiger partial charge in [0.2, 0.25) is 15.9 Å². The number of benzene rings is 3. The smallest absolute Gasteiger partial charge is 0.243 e. The summed E-state index contributed by atoms with van der Waals surface area (Å²) in [6.45, 7) is 0.186. The minimum Gasteiger partial charge on any atom is -0.352 e. The molecule has 0 aromatic heterocycles. The topological polar surface area (TPSA) is 66.5 Å². The number of hydrogen-bond donors (Lipinski definition) is 1. The Bertz CT molecular complexity index is 1200. The van der Waals surface area contributed by atoms with Crippen molar-refractivity contribution in [2.75, 3.05) is 6.54 Å². The summed E-state index contributed by atoms with van der Waals surface area (Å²) >= 11 is 0. The van der Waals surface area contributed by atoms with Crippen LogP contribution in [-0.2, 0) is 14.8 Å². The Morgan fingerprint density at radius 1 is 0.788 bits per heavy atom. The van der Waals surface area contributed by atoms with E-state index in [2.05, 4.69) is 17.4 Å². The van der Waals surface area contributed by atoms with E-state index in [1.807, 2.05) is 48.5 Å². The molecule has 3 aromatic carbocycles. The minimum atomic E-state index is -3.74. The van der Waals surface area contributed by atoms with Gasteiger partial charge < -0.3 is 5.32 Å². The predicted molar refractivity (Wildman–Crippen MR) is 128 cm³/mol. The fraction of sp³-hybridized carbons (Fsp3) is 0.296. The molecule has 5 rings (SSSR count). The second-order valence-corrected chi connectivity index (χ2v) is 10.8. The van der Waals surface area contributed by atoms with Gasteiger partial charge in [0.15, 0.2) is 0 Å². The fourth-order valence-electron chi connectivity index (χ4n) is 4.88. The van der Waals surface area contributed by atoms with Gasteiger partial charge in [-0.15, -0.1) is 0 Å². The number of nitrogens with one attached hydrogen (secondary N) is 1. The van der Waals surface area contributed by atoms with Crippen molar-refractivity contribution in [2.24, 2.45) is 5.92 Å². The van der Waals surface area contributed by atoms with Crippen LogP contribution in [0.4, 0.5) is 0 Å². The Labute approximate surface area is 195 Å². The maximum absolute atomic E-state index is 13.6. The van der Waals surface area contributed by atoms with Gasteiger partial charge in [-0.25, -0.2) is 8.42 Å². The molecule has 0 bridgehead atoms. The van der Waals surface area contributed by atoms with Gasteiger partial charge >= 0.3 is 0 Å². The number of amides is 1. The molecule has 4 atom stereocenters. The fourth-order valence-corrected chi connectivity index (χ4v) is 6.59. The summed E-state index contributed by atoms with van der Waals surface area (Å²) in [5, 5.41) is 3.18. The van der Waals surface area contributed by atoms with Crippen molar-refractivity contribution in [3.63, 3.8) is 0 Å². The summed E-state index contributed by atoms with van der Waals surface area (Å²) in [6.07, 6.45) is 2.21. The molecule has 1 saturated carbocycles. The third-order valence-corrected chi connectivity index (χ3v) is 8.68. The first-order chi connectivity index (χ1) is 16.0. The largest absolute Gasteiger partial charge is 0.352 e. The standard InChI is InChI=1S/C27H28N2O3S/c30-27(28-25-18-24(25)20-10-4-1-5-11-20)22-16-17-26(21-12-6-2-7-13-21)29(19-22)33(31,32)23-14-8-3-9-15-23/h1-15,22,24-26H,16-19H2,(H,28,30)/t22-,24-,25?,26-/m1/s1. The average Bonchev–Trinajstić information content (AvgIpc) is 3.64. The van der Waals surface area contributed by atoms with Gasteiger partial charge in [0, 0.05) is 18.5 Å². The highest BCUT2D eigenvalue weighted by Crippen LogP contribution is 2.42. The Balaban J connectivity index is 1.35. The molecule has 2 aliphatic rings. The van der Waals surface area contributed by atoms with Crippen LogP contribution in [0.1, 0.15) is 42.3 Å². The normalized spacial score (nSPS) is 25.3. The highest BCUT2D eigenvalue weighted by molar-refractivity contribution is 7.89. The van der Waals surface area contributed by atoms with E-state index in [1.54, 1.807) is 30.3 Å². The monoisotopic (exact) mass is 460 g/mol. The van der Waals surface area contributed by atoms with Gasteiger partial charge in [0.25, 0.3) is 0 Å². The van der Waals surface area contributed by atoms with Gasteiger partial charge in [-0.05, 0) is 42.5 Å². The van der Waals surface area contributed by atoms with E-state index >= 15 is 0 Å². The Kier molecular flexibility index (Phi) is 6.04. The lowest BCUT2D eigenvalue weighted by molar-refractivity contribution is -0.126. The highest BCUT2D eigenvalue weighted by Gasteiger charge is 2.43. The predicted octanol–water partition coefficient (Wildman–Crippen LogP) is 4.50. The summed E-state index contributed by atoms with van der Waals surface area (Å²) in [6, 6.07) is 28.3. The summed E-state index contributed by atoms with van der Waals surface area (Å²) in [5.74, 6) is -0.0568. The van der Waals surface area contributed by atoms with Crippen molar-refractivity contribution < 1.29 is 13.2 Å². The average molecular weight is 461 g/mol. The quantitative estimate of drug-likeness (QED) is 0.589. The van der Waals surface area contributed by atoms with Crippen molar-refractivity contribution in [1.82, 2.24) is 9.62 Å². The maximum atomic E-state index is 13.6. The van der Waals surface area contributed by atoms with Crippen LogP contribution in [0.2, 0.25) is 0 Å². The first kappa shape index (κ1) is 21.9. The molecular formula is C27H28N2O3S. The molecule has 170 valence electrons. The number of carbonyl (C=O) groups is 1. The molecule has 1 saturated heterocycles. The number of carbonyl (C=O) groups excluding carboxylic acids is 1. The van der Waals surface area contributed by atoms with Crippen LogP contribution >= 0.6 is 0 Å². The zero-order valence-corrected chi connectivity index (χ0v) is 19.2. The lowest BCUT2D eigenvalue weighted by Crippen LogP contribution is -2.47. The van der Waals surface area contributed by atoms with Crippen LogP contribution in [0, 0.1) is 5.92 Å². The maximum Gasteiger partial charge on any atom is 0.243 e. The van der Waals surface area contributed by atoms with E-state index in [4.69, 9.17) is 0 Å². The van der Waals surface area contributed by atoms with Gasteiger partial charge in [0.1, 0.15) is 0 Å². The minimum absolute atomic E-state index is 0.0433. The second kappa shape index (κ2) is 9.12. The molecule has 5 nitrogen and oxygen atoms in total. The number of sulfonamides is 1. The van der Waals surface area contributed by atoms with Crippen LogP contribution in [0.15, 0.2) is 95.9 Å². The third kappa shape index (κ3) is 4.59. The number of hydrogen-bond acceptors (Lipinski definition) is 3. The van der Waals surface area contributed by atoms with Crippen LogP contribution in [-0.4, -0.2) is 31.2 Å². The Morgan fingerprint density at radius 3 is 2.00 bits per heavy atom. The summed E-state index contributed by atoms with van der Waals surface area (Å²) in [7, 11) is -3.74. The zero-order chi connectivity index (χ0) is 22.8. The van der Waals surface area contributed by atoms with Gasteiger partial charge in [-0.2, -0.15) is 4.31 Å². The molecule has 1 N–H and O–H groups in total. The first-order valence-corrected chi connectivity index (χ1v) is 12.9. The molecule has 2 fully saturated rings. The molecular weight excluding hydrogens is 432 g/mol. The summed E-state index contributed by atoms with van der Waals surface area (Å²) in [4.78, 5) is 13.4. The van der Waals surface area contributed by atoms with E-state index in [0.717, 1.165) is 12.0 Å². The van der Waals surface area contributed by atoms with Crippen molar-refractivity contribution in [3.05, 3.63) is 102 Å². The molecule has 1 unspecified atom stereocenters. The van der Waals surface area contributed by atoms with E-state index in [-0.39, 0.29) is 35.3 Å². The van der Waals surface area contributed by atoms with E-state index in [0.29, 0.717) is 18.8 Å². The molecule has 1 aliphatic heterocycles. The summed E-state index contributed by atoms with van der Waals surface area (Å²) in [5.41, 5.74) is 2.20. The van der Waals surface area contributed by atoms with Crippen LogP contribution < -0.4 is 5.32 Å². The van der Waals surface area contributed by atoms with E-state index in [1.165, 1.54) is 9.87 Å². The Morgan fingerprint density at radius 2 is 1.36 bits per heavy atom. The third-order valence-electron chi connectivity index (χ3n) is 6.79. The Hall–Kier alpha value is -2.96. The lowest BCUT2D eigenvalue weighted by Gasteiger charge is -2.38.